The molecule has 238 valence electrons. The summed E-state index contributed by atoms with van der Waals surface area (Å²) in [5, 5.41) is 2.93. The van der Waals surface area contributed by atoms with Gasteiger partial charge in [0.25, 0.3) is 0 Å². The van der Waals surface area contributed by atoms with E-state index in [0.29, 0.717) is 25.1 Å². The first-order chi connectivity index (χ1) is 20.3. The van der Waals surface area contributed by atoms with Crippen molar-refractivity contribution in [1.82, 2.24) is 9.62 Å². The Morgan fingerprint density at radius 3 is 2.49 bits per heavy atom. The summed E-state index contributed by atoms with van der Waals surface area (Å²) in [6, 6.07) is 12.2. The summed E-state index contributed by atoms with van der Waals surface area (Å²) < 4.78 is 61.7. The smallest absolute Gasteiger partial charge is 0.407 e. The molecule has 1 amide bonds. The van der Waals surface area contributed by atoms with E-state index in [1.54, 1.807) is 12.1 Å². The van der Waals surface area contributed by atoms with Gasteiger partial charge in [-0.25, -0.2) is 13.2 Å². The van der Waals surface area contributed by atoms with Gasteiger partial charge in [-0.3, -0.25) is 4.57 Å². The van der Waals surface area contributed by atoms with Crippen molar-refractivity contribution in [2.75, 3.05) is 38.4 Å². The second-order valence-corrected chi connectivity index (χ2v) is 14.7. The normalized spacial score (nSPS) is 21.1. The molecule has 13 nitrogen and oxygen atoms in total. The van der Waals surface area contributed by atoms with Crippen LogP contribution in [-0.2, 0) is 35.2 Å². The SMILES string of the molecule is CC(C)CN(CC[C@H](Cc1ccc(N)cc1)NC(=O)O[C@H]1CO[C@H]2OCC[C@H]21)S(=O)(=O)c1ccc(OCP(=O)(O)O)cc1. The molecule has 0 saturated carbocycles. The van der Waals surface area contributed by atoms with Gasteiger partial charge in [0.05, 0.1) is 24.0 Å². The second-order valence-electron chi connectivity index (χ2n) is 11.2. The van der Waals surface area contributed by atoms with Crippen molar-refractivity contribution in [3.8, 4) is 5.75 Å². The zero-order chi connectivity index (χ0) is 31.2. The van der Waals surface area contributed by atoms with Gasteiger partial charge in [-0.1, -0.05) is 26.0 Å². The lowest BCUT2D eigenvalue weighted by molar-refractivity contribution is -0.0907. The van der Waals surface area contributed by atoms with E-state index in [0.717, 1.165) is 12.0 Å². The number of fused-ring (bicyclic) bond motifs is 1. The Morgan fingerprint density at radius 2 is 1.84 bits per heavy atom. The number of ether oxygens (including phenoxy) is 4. The minimum Gasteiger partial charge on any atom is -0.481 e. The number of hydrogen-bond donors (Lipinski definition) is 4. The van der Waals surface area contributed by atoms with E-state index in [9.17, 15) is 17.8 Å². The minimum absolute atomic E-state index is 0.00806. The Labute approximate surface area is 251 Å². The highest BCUT2D eigenvalue weighted by atomic mass is 32.2. The van der Waals surface area contributed by atoms with Gasteiger partial charge < -0.3 is 39.8 Å². The van der Waals surface area contributed by atoms with Crippen LogP contribution in [0, 0.1) is 11.8 Å². The molecule has 4 atom stereocenters. The van der Waals surface area contributed by atoms with Gasteiger partial charge in [-0.05, 0) is 67.1 Å². The fraction of sp³-hybridized carbons (Fsp3) is 0.536. The standard InChI is InChI=1S/C28H40N3O10PS/c1-19(2)16-31(43(36,37)24-9-7-23(8-10-24)40-18-42(33,34)35)13-11-22(15-20-3-5-21(29)6-4-20)30-28(32)41-26-17-39-27-25(26)12-14-38-27/h3-10,19,22,25-27H,11-18,29H2,1-2H3,(H,30,32)(H2,33,34,35)/t22-,25+,26+,27-/m1/s1. The predicted molar refractivity (Wildman–Crippen MR) is 158 cm³/mol. The van der Waals surface area contributed by atoms with Crippen LogP contribution >= 0.6 is 7.60 Å². The van der Waals surface area contributed by atoms with Crippen molar-refractivity contribution in [3.05, 3.63) is 54.1 Å². The van der Waals surface area contributed by atoms with E-state index in [4.69, 9.17) is 34.5 Å². The summed E-state index contributed by atoms with van der Waals surface area (Å²) in [6.07, 6.45) is -0.729. The maximum atomic E-state index is 13.7. The molecule has 0 aromatic heterocycles. The van der Waals surface area contributed by atoms with E-state index < -0.39 is 42.2 Å². The van der Waals surface area contributed by atoms with Gasteiger partial charge in [0.1, 0.15) is 11.9 Å². The number of anilines is 1. The Balaban J connectivity index is 1.46. The highest BCUT2D eigenvalue weighted by Gasteiger charge is 2.44. The third kappa shape index (κ3) is 9.64. The highest BCUT2D eigenvalue weighted by Crippen LogP contribution is 2.35. The van der Waals surface area contributed by atoms with Gasteiger partial charge in [0.15, 0.2) is 12.6 Å². The van der Waals surface area contributed by atoms with Gasteiger partial charge in [0.2, 0.25) is 10.0 Å². The molecule has 0 aliphatic carbocycles. The molecule has 2 aliphatic heterocycles. The number of benzene rings is 2. The summed E-state index contributed by atoms with van der Waals surface area (Å²) in [5.41, 5.74) is 7.36. The number of sulfonamides is 1. The van der Waals surface area contributed by atoms with Crippen LogP contribution < -0.4 is 15.8 Å². The third-order valence-electron chi connectivity index (χ3n) is 7.18. The van der Waals surface area contributed by atoms with Crippen LogP contribution in [0.4, 0.5) is 10.5 Å². The fourth-order valence-electron chi connectivity index (χ4n) is 5.08. The molecule has 2 heterocycles. The Hall–Kier alpha value is -2.71. The van der Waals surface area contributed by atoms with Gasteiger partial charge >= 0.3 is 13.7 Å². The Morgan fingerprint density at radius 1 is 1.14 bits per heavy atom. The number of amides is 1. The number of hydrogen-bond acceptors (Lipinski definition) is 9. The predicted octanol–water partition coefficient (Wildman–Crippen LogP) is 2.92. The van der Waals surface area contributed by atoms with Crippen molar-refractivity contribution < 1.29 is 46.5 Å². The number of nitrogens with one attached hydrogen (secondary N) is 1. The molecular formula is C28H40N3O10PS. The fourth-order valence-corrected chi connectivity index (χ4v) is 7.02. The van der Waals surface area contributed by atoms with Crippen LogP contribution in [0.2, 0.25) is 0 Å². The van der Waals surface area contributed by atoms with E-state index in [1.165, 1.54) is 28.6 Å². The molecule has 2 fully saturated rings. The third-order valence-corrected chi connectivity index (χ3v) is 9.53. The molecule has 2 saturated heterocycles. The van der Waals surface area contributed by atoms with E-state index in [1.807, 2.05) is 26.0 Å². The van der Waals surface area contributed by atoms with Crippen LogP contribution in [0.25, 0.3) is 0 Å². The van der Waals surface area contributed by atoms with Gasteiger partial charge in [0, 0.05) is 24.8 Å². The molecule has 15 heteroatoms. The molecule has 2 aliphatic rings. The van der Waals surface area contributed by atoms with E-state index in [-0.39, 0.29) is 48.5 Å². The van der Waals surface area contributed by atoms with Crippen molar-refractivity contribution in [3.63, 3.8) is 0 Å². The molecule has 2 aromatic carbocycles. The lowest BCUT2D eigenvalue weighted by Gasteiger charge is -2.27. The maximum Gasteiger partial charge on any atom is 0.407 e. The summed E-state index contributed by atoms with van der Waals surface area (Å²) in [5.74, 6) is 0.131. The number of nitrogens with two attached hydrogens (primary N) is 1. The van der Waals surface area contributed by atoms with Crippen molar-refractivity contribution in [2.45, 2.75) is 56.4 Å². The van der Waals surface area contributed by atoms with Crippen LogP contribution in [0.15, 0.2) is 53.4 Å². The first-order valence-electron chi connectivity index (χ1n) is 14.1. The summed E-state index contributed by atoms with van der Waals surface area (Å²) in [6.45, 7) is 4.98. The first kappa shape index (κ1) is 33.2. The highest BCUT2D eigenvalue weighted by molar-refractivity contribution is 7.89. The monoisotopic (exact) mass is 641 g/mol. The average Bonchev–Trinajstić information content (AvgIpc) is 3.56. The maximum absolute atomic E-state index is 13.7. The number of carbonyl (C=O) groups is 1. The molecule has 0 spiro atoms. The quantitative estimate of drug-likeness (QED) is 0.175. The van der Waals surface area contributed by atoms with Crippen LogP contribution in [0.3, 0.4) is 0 Å². The molecule has 4 rings (SSSR count). The summed E-state index contributed by atoms with van der Waals surface area (Å²) in [4.78, 5) is 31.0. The zero-order valence-electron chi connectivity index (χ0n) is 24.2. The summed E-state index contributed by atoms with van der Waals surface area (Å²) in [7, 11) is -8.34. The topological polar surface area (TPSA) is 187 Å². The van der Waals surface area contributed by atoms with Gasteiger partial charge in [-0.2, -0.15) is 4.31 Å². The number of carbonyl (C=O) groups excluding carboxylic acids is 1. The number of nitrogen functional groups attached to an aromatic ring is 1. The molecule has 0 radical (unpaired) electrons. The lowest BCUT2D eigenvalue weighted by Crippen LogP contribution is -2.43. The van der Waals surface area contributed by atoms with Crippen LogP contribution in [0.5, 0.6) is 5.75 Å². The van der Waals surface area contributed by atoms with Crippen molar-refractivity contribution in [2.24, 2.45) is 11.8 Å². The molecule has 0 unspecified atom stereocenters. The van der Waals surface area contributed by atoms with Crippen LogP contribution in [0.1, 0.15) is 32.3 Å². The number of alkyl carbamates (subject to hydrolysis) is 1. The Bertz CT molecular complexity index is 1370. The number of rotatable bonds is 14. The second kappa shape index (κ2) is 14.4. The molecule has 2 aromatic rings. The molecular weight excluding hydrogens is 601 g/mol. The number of nitrogens with zero attached hydrogens (tertiary/aromatic N) is 1. The molecule has 43 heavy (non-hydrogen) atoms. The van der Waals surface area contributed by atoms with Crippen molar-refractivity contribution >= 4 is 29.4 Å². The van der Waals surface area contributed by atoms with E-state index >= 15 is 0 Å². The Kier molecular flexibility index (Phi) is 11.1. The first-order valence-corrected chi connectivity index (χ1v) is 17.4. The summed E-state index contributed by atoms with van der Waals surface area (Å²) >= 11 is 0. The van der Waals surface area contributed by atoms with Gasteiger partial charge in [-0.15, -0.1) is 0 Å². The van der Waals surface area contributed by atoms with E-state index in [2.05, 4.69) is 5.32 Å². The molecule has 5 N–H and O–H groups in total. The van der Waals surface area contributed by atoms with Crippen LogP contribution in [-0.4, -0.2) is 79.7 Å². The largest absolute Gasteiger partial charge is 0.481 e. The van der Waals surface area contributed by atoms with Crippen molar-refractivity contribution in [1.29, 1.82) is 0 Å². The molecule has 0 bridgehead atoms. The lowest BCUT2D eigenvalue weighted by atomic mass is 10.0. The average molecular weight is 642 g/mol. The zero-order valence-corrected chi connectivity index (χ0v) is 25.9. The minimum atomic E-state index is -4.38.